The Labute approximate surface area is 204 Å². The van der Waals surface area contributed by atoms with Gasteiger partial charge < -0.3 is 9.47 Å². The van der Waals surface area contributed by atoms with E-state index in [2.05, 4.69) is 25.7 Å². The Balaban J connectivity index is 1.89. The molecule has 0 N–H and O–H groups in total. The molecular formula is C21H17BrF3N3O3S2. The maximum Gasteiger partial charge on any atom is 0.415 e. The second kappa shape index (κ2) is 9.64. The molecule has 6 nitrogen and oxygen atoms in total. The molecule has 2 aliphatic rings. The van der Waals surface area contributed by atoms with Gasteiger partial charge in [0.1, 0.15) is 11.9 Å². The van der Waals surface area contributed by atoms with Gasteiger partial charge in [-0.3, -0.25) is 4.90 Å². The van der Waals surface area contributed by atoms with E-state index in [1.165, 1.54) is 0 Å². The number of ether oxygens (including phenoxy) is 2. The van der Waals surface area contributed by atoms with E-state index in [0.29, 0.717) is 28.4 Å². The Morgan fingerprint density at radius 3 is 2.76 bits per heavy atom. The number of amides is 1. The first-order valence-electron chi connectivity index (χ1n) is 9.79. The standard InChI is InChI=1S/C21H17BrF3N3O3S2/c1-30-20(29)28(18-15(31-19(24)25)8-11(9-26)10-27-18)14-4-5-21(32-6-7-33-21)16-12(14)2-3-13(22)17(16)23/h2-3,8,10,14,19H,4-7H2,1H3. The Bertz CT molecular complexity index is 1130. The number of anilines is 1. The molecule has 1 aliphatic heterocycles. The molecule has 2 heterocycles. The van der Waals surface area contributed by atoms with Gasteiger partial charge in [0.05, 0.1) is 27.3 Å². The first kappa shape index (κ1) is 24.0. The smallest absolute Gasteiger partial charge is 0.415 e. The molecule has 1 fully saturated rings. The van der Waals surface area contributed by atoms with Crippen LogP contribution in [0.2, 0.25) is 0 Å². The summed E-state index contributed by atoms with van der Waals surface area (Å²) < 4.78 is 51.1. The van der Waals surface area contributed by atoms with Crippen molar-refractivity contribution in [2.24, 2.45) is 0 Å². The van der Waals surface area contributed by atoms with Gasteiger partial charge in [-0.25, -0.2) is 14.2 Å². The number of rotatable bonds is 4. The normalized spacial score (nSPS) is 18.6. The molecule has 1 aromatic carbocycles. The molecule has 0 saturated carbocycles. The van der Waals surface area contributed by atoms with Crippen LogP contribution in [-0.2, 0) is 8.82 Å². The predicted octanol–water partition coefficient (Wildman–Crippen LogP) is 6.20. The zero-order valence-electron chi connectivity index (χ0n) is 17.2. The number of halogens is 4. The summed E-state index contributed by atoms with van der Waals surface area (Å²) in [5, 5.41) is 9.15. The number of nitriles is 1. The minimum Gasteiger partial charge on any atom is -0.452 e. The highest BCUT2D eigenvalue weighted by molar-refractivity contribution is 9.10. The Morgan fingerprint density at radius 2 is 2.12 bits per heavy atom. The van der Waals surface area contributed by atoms with E-state index in [-0.39, 0.29) is 11.4 Å². The van der Waals surface area contributed by atoms with Gasteiger partial charge in [-0.05, 0) is 40.4 Å². The third-order valence-electron chi connectivity index (χ3n) is 5.46. The van der Waals surface area contributed by atoms with Crippen molar-refractivity contribution < 1.29 is 27.4 Å². The first-order chi connectivity index (χ1) is 15.8. The molecule has 2 aromatic rings. The summed E-state index contributed by atoms with van der Waals surface area (Å²) in [6, 6.07) is 5.43. The van der Waals surface area contributed by atoms with Crippen molar-refractivity contribution in [3.8, 4) is 11.8 Å². The van der Waals surface area contributed by atoms with Gasteiger partial charge in [0.25, 0.3) is 0 Å². The van der Waals surface area contributed by atoms with Crippen LogP contribution in [0.3, 0.4) is 0 Å². The van der Waals surface area contributed by atoms with E-state index in [0.717, 1.165) is 35.8 Å². The number of thioether (sulfide) groups is 2. The van der Waals surface area contributed by atoms with E-state index < -0.39 is 34.4 Å². The van der Waals surface area contributed by atoms with Crippen LogP contribution >= 0.6 is 39.5 Å². The average Bonchev–Trinajstić information content (AvgIpc) is 3.26. The molecule has 1 atom stereocenters. The van der Waals surface area contributed by atoms with E-state index in [9.17, 15) is 13.6 Å². The van der Waals surface area contributed by atoms with Gasteiger partial charge in [0, 0.05) is 29.3 Å². The fourth-order valence-corrected chi connectivity index (χ4v) is 7.89. The van der Waals surface area contributed by atoms with E-state index in [1.807, 2.05) is 6.07 Å². The summed E-state index contributed by atoms with van der Waals surface area (Å²) in [6.45, 7) is -3.21. The zero-order chi connectivity index (χ0) is 23.8. The van der Waals surface area contributed by atoms with Crippen LogP contribution in [0.25, 0.3) is 0 Å². The minimum atomic E-state index is -3.21. The lowest BCUT2D eigenvalue weighted by Crippen LogP contribution is -2.40. The predicted molar refractivity (Wildman–Crippen MR) is 123 cm³/mol. The number of methoxy groups -OCH3 is 1. The number of carbonyl (C=O) groups is 1. The molecule has 0 bridgehead atoms. The number of fused-ring (bicyclic) bond motifs is 2. The van der Waals surface area contributed by atoms with Gasteiger partial charge in [-0.2, -0.15) is 14.0 Å². The minimum absolute atomic E-state index is 0.0176. The summed E-state index contributed by atoms with van der Waals surface area (Å²) in [7, 11) is 1.16. The number of carbonyl (C=O) groups excluding carboxylic acids is 1. The third-order valence-corrected chi connectivity index (χ3v) is 9.60. The number of hydrogen-bond donors (Lipinski definition) is 0. The van der Waals surface area contributed by atoms with E-state index in [1.54, 1.807) is 35.7 Å². The molecule has 1 aliphatic carbocycles. The highest BCUT2D eigenvalue weighted by atomic mass is 79.9. The van der Waals surface area contributed by atoms with Crippen LogP contribution in [0.15, 0.2) is 28.9 Å². The summed E-state index contributed by atoms with van der Waals surface area (Å²) >= 11 is 6.59. The zero-order valence-corrected chi connectivity index (χ0v) is 20.4. The first-order valence-corrected chi connectivity index (χ1v) is 12.6. The molecule has 1 aromatic heterocycles. The van der Waals surface area contributed by atoms with Crippen molar-refractivity contribution in [2.45, 2.75) is 29.6 Å². The number of nitrogens with zero attached hydrogens (tertiary/aromatic N) is 3. The van der Waals surface area contributed by atoms with E-state index >= 15 is 4.39 Å². The lowest BCUT2D eigenvalue weighted by molar-refractivity contribution is -0.0497. The van der Waals surface area contributed by atoms with Crippen molar-refractivity contribution >= 4 is 51.4 Å². The average molecular weight is 560 g/mol. The topological polar surface area (TPSA) is 75.5 Å². The van der Waals surface area contributed by atoms with Crippen molar-refractivity contribution in [3.63, 3.8) is 0 Å². The van der Waals surface area contributed by atoms with Gasteiger partial charge in [-0.1, -0.05) is 6.07 Å². The molecule has 1 unspecified atom stereocenters. The number of aromatic nitrogens is 1. The molecule has 1 spiro atoms. The van der Waals surface area contributed by atoms with Gasteiger partial charge in [0.15, 0.2) is 11.6 Å². The van der Waals surface area contributed by atoms with Crippen LogP contribution < -0.4 is 9.64 Å². The molecule has 4 rings (SSSR count). The van der Waals surface area contributed by atoms with Crippen LogP contribution in [0.1, 0.15) is 35.6 Å². The maximum atomic E-state index is 15.5. The van der Waals surface area contributed by atoms with Crippen molar-refractivity contribution in [1.82, 2.24) is 4.98 Å². The van der Waals surface area contributed by atoms with Crippen molar-refractivity contribution in [1.29, 1.82) is 5.26 Å². The lowest BCUT2D eigenvalue weighted by Gasteiger charge is -2.42. The number of alkyl halides is 2. The largest absolute Gasteiger partial charge is 0.452 e. The highest BCUT2D eigenvalue weighted by Crippen LogP contribution is 2.61. The van der Waals surface area contributed by atoms with Gasteiger partial charge in [-0.15, -0.1) is 23.5 Å². The Hall–Kier alpha value is -2.10. The molecule has 1 saturated heterocycles. The molecule has 174 valence electrons. The molecule has 12 heteroatoms. The maximum absolute atomic E-state index is 15.5. The Kier molecular flexibility index (Phi) is 7.02. The van der Waals surface area contributed by atoms with Crippen molar-refractivity contribution in [2.75, 3.05) is 23.5 Å². The number of benzene rings is 1. The SMILES string of the molecule is COC(=O)N(c1ncc(C#N)cc1OC(F)F)C1CCC2(SCCS2)c2c1ccc(Br)c2F. The molecule has 1 amide bonds. The Morgan fingerprint density at radius 1 is 1.39 bits per heavy atom. The fraction of sp³-hybridized carbons (Fsp3) is 0.381. The van der Waals surface area contributed by atoms with Crippen LogP contribution in [0.4, 0.5) is 23.8 Å². The molecule has 33 heavy (non-hydrogen) atoms. The summed E-state index contributed by atoms with van der Waals surface area (Å²) in [5.41, 5.74) is 0.999. The van der Waals surface area contributed by atoms with Crippen molar-refractivity contribution in [3.05, 3.63) is 51.4 Å². The van der Waals surface area contributed by atoms with E-state index in [4.69, 9.17) is 10.00 Å². The summed E-state index contributed by atoms with van der Waals surface area (Å²) in [4.78, 5) is 18.1. The molecular weight excluding hydrogens is 543 g/mol. The number of pyridine rings is 1. The second-order valence-corrected chi connectivity index (χ2v) is 11.1. The number of hydrogen-bond acceptors (Lipinski definition) is 7. The second-order valence-electron chi connectivity index (χ2n) is 7.21. The molecule has 0 radical (unpaired) electrons. The van der Waals surface area contributed by atoms with Gasteiger partial charge >= 0.3 is 12.7 Å². The monoisotopic (exact) mass is 559 g/mol. The van der Waals surface area contributed by atoms with Crippen LogP contribution in [0, 0.1) is 17.1 Å². The van der Waals surface area contributed by atoms with Gasteiger partial charge in [0.2, 0.25) is 0 Å². The van der Waals surface area contributed by atoms with Crippen LogP contribution in [0.5, 0.6) is 5.75 Å². The van der Waals surface area contributed by atoms with Crippen LogP contribution in [-0.4, -0.2) is 36.3 Å². The lowest BCUT2D eigenvalue weighted by atomic mass is 9.85. The summed E-state index contributed by atoms with van der Waals surface area (Å²) in [6.07, 6.45) is 1.24. The highest BCUT2D eigenvalue weighted by Gasteiger charge is 2.48. The quantitative estimate of drug-likeness (QED) is 0.441. The third kappa shape index (κ3) is 4.38. The fourth-order valence-electron chi connectivity index (χ4n) is 4.17. The summed E-state index contributed by atoms with van der Waals surface area (Å²) in [5.74, 6) is 0.637.